The van der Waals surface area contributed by atoms with E-state index in [0.717, 1.165) is 6.54 Å². The van der Waals surface area contributed by atoms with Gasteiger partial charge in [0.2, 0.25) is 0 Å². The van der Waals surface area contributed by atoms with E-state index in [1.807, 2.05) is 0 Å². The molecule has 0 bridgehead atoms. The Labute approximate surface area is 121 Å². The molecule has 0 aromatic heterocycles. The number of unbranched alkanes of at least 4 members (excludes halogenated alkanes) is 1. The molecular weight excluding hydrogens is 232 g/mol. The van der Waals surface area contributed by atoms with Crippen LogP contribution >= 0.6 is 0 Å². The largest absolute Gasteiger partial charge is 0.330 e. The number of hydrogen-bond donors (Lipinski definition) is 1. The molecule has 19 heavy (non-hydrogen) atoms. The highest BCUT2D eigenvalue weighted by Crippen LogP contribution is 2.35. The summed E-state index contributed by atoms with van der Waals surface area (Å²) >= 11 is 0. The lowest BCUT2D eigenvalue weighted by molar-refractivity contribution is 0.101. The van der Waals surface area contributed by atoms with Gasteiger partial charge in [-0.15, -0.1) is 0 Å². The van der Waals surface area contributed by atoms with Crippen LogP contribution in [0.1, 0.15) is 78.6 Å². The van der Waals surface area contributed by atoms with Crippen LogP contribution < -0.4 is 5.73 Å². The third-order valence-electron chi connectivity index (χ3n) is 5.15. The second-order valence-electron chi connectivity index (χ2n) is 6.70. The van der Waals surface area contributed by atoms with Crippen molar-refractivity contribution in [1.82, 2.24) is 4.90 Å². The van der Waals surface area contributed by atoms with E-state index in [4.69, 9.17) is 5.73 Å². The van der Waals surface area contributed by atoms with Gasteiger partial charge in [-0.25, -0.2) is 0 Å². The van der Waals surface area contributed by atoms with Crippen LogP contribution in [0.15, 0.2) is 0 Å². The van der Waals surface area contributed by atoms with Crippen LogP contribution in [0.2, 0.25) is 0 Å². The van der Waals surface area contributed by atoms with Crippen LogP contribution in [-0.4, -0.2) is 30.6 Å². The summed E-state index contributed by atoms with van der Waals surface area (Å²) in [5, 5.41) is 0. The minimum atomic E-state index is 0.410. The summed E-state index contributed by atoms with van der Waals surface area (Å²) in [6.07, 6.45) is 12.2. The molecule has 0 saturated heterocycles. The van der Waals surface area contributed by atoms with Gasteiger partial charge in [0.25, 0.3) is 0 Å². The summed E-state index contributed by atoms with van der Waals surface area (Å²) in [5.74, 6) is 0. The maximum atomic E-state index is 6.20. The Kier molecular flexibility index (Phi) is 8.01. The van der Waals surface area contributed by atoms with E-state index < -0.39 is 0 Å². The second-order valence-corrected chi connectivity index (χ2v) is 6.70. The summed E-state index contributed by atoms with van der Waals surface area (Å²) in [5.41, 5.74) is 6.61. The summed E-state index contributed by atoms with van der Waals surface area (Å²) in [7, 11) is 0. The molecule has 1 aliphatic rings. The fraction of sp³-hybridized carbons (Fsp3) is 1.00. The topological polar surface area (TPSA) is 29.3 Å². The fourth-order valence-corrected chi connectivity index (χ4v) is 3.41. The van der Waals surface area contributed by atoms with E-state index in [2.05, 4.69) is 25.7 Å². The van der Waals surface area contributed by atoms with Crippen LogP contribution in [0.4, 0.5) is 0 Å². The molecule has 0 amide bonds. The van der Waals surface area contributed by atoms with Crippen molar-refractivity contribution in [2.75, 3.05) is 19.6 Å². The molecule has 1 rings (SSSR count). The molecule has 114 valence electrons. The highest BCUT2D eigenvalue weighted by atomic mass is 15.2. The minimum Gasteiger partial charge on any atom is -0.330 e. The third-order valence-corrected chi connectivity index (χ3v) is 5.15. The summed E-state index contributed by atoms with van der Waals surface area (Å²) < 4.78 is 0. The molecule has 1 atom stereocenters. The van der Waals surface area contributed by atoms with E-state index in [0.29, 0.717) is 11.5 Å². The van der Waals surface area contributed by atoms with Gasteiger partial charge in [0, 0.05) is 12.6 Å². The summed E-state index contributed by atoms with van der Waals surface area (Å²) in [6, 6.07) is 0.707. The number of nitrogens with two attached hydrogens (primary N) is 1. The van der Waals surface area contributed by atoms with Gasteiger partial charge in [-0.3, -0.25) is 0 Å². The monoisotopic (exact) mass is 268 g/mol. The third kappa shape index (κ3) is 5.43. The van der Waals surface area contributed by atoms with Crippen molar-refractivity contribution in [3.63, 3.8) is 0 Å². The normalized spacial score (nSPS) is 21.3. The Morgan fingerprint density at radius 1 is 1.11 bits per heavy atom. The van der Waals surface area contributed by atoms with Gasteiger partial charge in [0.05, 0.1) is 0 Å². The van der Waals surface area contributed by atoms with Crippen LogP contribution in [-0.2, 0) is 0 Å². The van der Waals surface area contributed by atoms with Crippen molar-refractivity contribution >= 4 is 0 Å². The van der Waals surface area contributed by atoms with Crippen molar-refractivity contribution < 1.29 is 0 Å². The Balaban J connectivity index is 2.66. The van der Waals surface area contributed by atoms with Crippen molar-refractivity contribution in [2.45, 2.75) is 84.6 Å². The predicted octanol–water partition coefficient (Wildman–Crippen LogP) is 4.19. The molecule has 0 heterocycles. The lowest BCUT2D eigenvalue weighted by Gasteiger charge is -2.40. The highest BCUT2D eigenvalue weighted by molar-refractivity contribution is 4.87. The van der Waals surface area contributed by atoms with E-state index in [1.54, 1.807) is 0 Å². The van der Waals surface area contributed by atoms with Crippen LogP contribution in [0, 0.1) is 5.41 Å². The number of nitrogens with zero attached hydrogens (tertiary/aromatic N) is 1. The zero-order valence-electron chi connectivity index (χ0n) is 13.6. The molecule has 2 N–H and O–H groups in total. The van der Waals surface area contributed by atoms with E-state index in [9.17, 15) is 0 Å². The van der Waals surface area contributed by atoms with Gasteiger partial charge < -0.3 is 10.6 Å². The van der Waals surface area contributed by atoms with Crippen molar-refractivity contribution in [1.29, 1.82) is 0 Å². The molecule has 1 unspecified atom stereocenters. The SMILES string of the molecule is CCCCN(CC1(CN)CCCCCC1)C(C)CC. The van der Waals surface area contributed by atoms with Gasteiger partial charge in [-0.1, -0.05) is 46.0 Å². The molecule has 2 nitrogen and oxygen atoms in total. The highest BCUT2D eigenvalue weighted by Gasteiger charge is 2.32. The Morgan fingerprint density at radius 2 is 1.74 bits per heavy atom. The average Bonchev–Trinajstić information content (AvgIpc) is 2.68. The van der Waals surface area contributed by atoms with Crippen molar-refractivity contribution in [2.24, 2.45) is 11.1 Å². The van der Waals surface area contributed by atoms with Gasteiger partial charge in [-0.2, -0.15) is 0 Å². The van der Waals surface area contributed by atoms with E-state index in [-0.39, 0.29) is 0 Å². The molecule has 1 fully saturated rings. The average molecular weight is 268 g/mol. The zero-order valence-corrected chi connectivity index (χ0v) is 13.6. The van der Waals surface area contributed by atoms with Crippen molar-refractivity contribution in [3.8, 4) is 0 Å². The van der Waals surface area contributed by atoms with Crippen LogP contribution in [0.5, 0.6) is 0 Å². The van der Waals surface area contributed by atoms with E-state index in [1.165, 1.54) is 70.9 Å². The van der Waals surface area contributed by atoms with Crippen LogP contribution in [0.25, 0.3) is 0 Å². The number of rotatable bonds is 8. The first kappa shape index (κ1) is 17.0. The molecule has 1 saturated carbocycles. The van der Waals surface area contributed by atoms with Crippen LogP contribution in [0.3, 0.4) is 0 Å². The first-order chi connectivity index (χ1) is 9.17. The molecule has 0 radical (unpaired) electrons. The fourth-order valence-electron chi connectivity index (χ4n) is 3.41. The Morgan fingerprint density at radius 3 is 2.21 bits per heavy atom. The maximum absolute atomic E-state index is 6.20. The summed E-state index contributed by atoms with van der Waals surface area (Å²) in [4.78, 5) is 2.72. The van der Waals surface area contributed by atoms with Gasteiger partial charge in [0.15, 0.2) is 0 Å². The Bertz CT molecular complexity index is 219. The lowest BCUT2D eigenvalue weighted by Crippen LogP contribution is -2.46. The maximum Gasteiger partial charge on any atom is 0.00645 e. The van der Waals surface area contributed by atoms with Crippen molar-refractivity contribution in [3.05, 3.63) is 0 Å². The smallest absolute Gasteiger partial charge is 0.00645 e. The minimum absolute atomic E-state index is 0.410. The van der Waals surface area contributed by atoms with Gasteiger partial charge >= 0.3 is 0 Å². The molecule has 0 aromatic rings. The first-order valence-corrected chi connectivity index (χ1v) is 8.61. The van der Waals surface area contributed by atoms with Gasteiger partial charge in [0.1, 0.15) is 0 Å². The van der Waals surface area contributed by atoms with E-state index >= 15 is 0 Å². The predicted molar refractivity (Wildman–Crippen MR) is 85.4 cm³/mol. The second kappa shape index (κ2) is 8.97. The first-order valence-electron chi connectivity index (χ1n) is 8.61. The molecular formula is C17H36N2. The lowest BCUT2D eigenvalue weighted by atomic mass is 9.79. The quantitative estimate of drug-likeness (QED) is 0.669. The molecule has 0 spiro atoms. The molecule has 0 aliphatic heterocycles. The zero-order chi connectivity index (χ0) is 14.1. The molecule has 2 heteroatoms. The number of hydrogen-bond acceptors (Lipinski definition) is 2. The molecule has 1 aliphatic carbocycles. The summed E-state index contributed by atoms with van der Waals surface area (Å²) in [6.45, 7) is 10.4. The van der Waals surface area contributed by atoms with Gasteiger partial charge in [-0.05, 0) is 51.1 Å². The Hall–Kier alpha value is -0.0800. The standard InChI is InChI=1S/C17H36N2/c1-4-6-13-19(16(3)5-2)15-17(14-18)11-9-7-8-10-12-17/h16H,4-15,18H2,1-3H3. The molecule has 0 aromatic carbocycles.